The van der Waals surface area contributed by atoms with Crippen LogP contribution in [0.15, 0.2) is 88.8 Å². The number of thioether (sulfide) groups is 1. The third kappa shape index (κ3) is 4.86. The Hall–Kier alpha value is -3.38. The van der Waals surface area contributed by atoms with Crippen LogP contribution in [0.25, 0.3) is 22.0 Å². The molecule has 0 radical (unpaired) electrons. The number of aromatic nitrogens is 2. The lowest BCUT2D eigenvalue weighted by atomic mass is 10.0. The van der Waals surface area contributed by atoms with E-state index >= 15 is 0 Å². The topological polar surface area (TPSA) is 64.0 Å². The Balaban J connectivity index is 1.63. The molecule has 0 spiro atoms. The molecule has 168 valence electrons. The van der Waals surface area contributed by atoms with Crippen LogP contribution >= 0.6 is 11.8 Å². The second kappa shape index (κ2) is 10.0. The van der Waals surface area contributed by atoms with Crippen LogP contribution in [0.2, 0.25) is 0 Å². The summed E-state index contributed by atoms with van der Waals surface area (Å²) < 4.78 is 1.72. The van der Waals surface area contributed by atoms with Crippen molar-refractivity contribution in [2.75, 3.05) is 5.32 Å². The molecule has 33 heavy (non-hydrogen) atoms. The highest BCUT2D eigenvalue weighted by Gasteiger charge is 2.22. The first-order valence-electron chi connectivity index (χ1n) is 11.1. The summed E-state index contributed by atoms with van der Waals surface area (Å²) in [6.45, 7) is 5.88. The normalized spacial score (nSPS) is 12.9. The molecule has 3 aromatic carbocycles. The van der Waals surface area contributed by atoms with Crippen molar-refractivity contribution in [2.45, 2.75) is 43.6 Å². The quantitative estimate of drug-likeness (QED) is 0.267. The Labute approximate surface area is 197 Å². The number of benzene rings is 3. The molecule has 0 aliphatic heterocycles. The molecule has 0 aliphatic rings. The zero-order valence-electron chi connectivity index (χ0n) is 19.0. The van der Waals surface area contributed by atoms with Crippen LogP contribution in [0.5, 0.6) is 0 Å². The van der Waals surface area contributed by atoms with Crippen molar-refractivity contribution < 1.29 is 4.79 Å². The second-order valence-electron chi connectivity index (χ2n) is 8.00. The largest absolute Gasteiger partial charge is 0.325 e. The van der Waals surface area contributed by atoms with E-state index in [9.17, 15) is 9.59 Å². The lowest BCUT2D eigenvalue weighted by Gasteiger charge is -2.20. The average Bonchev–Trinajstić information content (AvgIpc) is 2.84. The number of nitrogens with one attached hydrogen (secondary N) is 1. The van der Waals surface area contributed by atoms with Crippen LogP contribution in [-0.2, 0) is 4.79 Å². The Morgan fingerprint density at radius 3 is 2.39 bits per heavy atom. The first-order chi connectivity index (χ1) is 16.0. The molecule has 1 amide bonds. The SMILES string of the molecule is CC[C@H](C)n1c(S[C@@H](C)C(=O)Nc2ccccc2-c2ccccc2)nc2ccccc2c1=O. The van der Waals surface area contributed by atoms with Crippen molar-refractivity contribution in [3.8, 4) is 11.1 Å². The van der Waals surface area contributed by atoms with E-state index in [0.29, 0.717) is 16.1 Å². The Morgan fingerprint density at radius 1 is 0.970 bits per heavy atom. The van der Waals surface area contributed by atoms with Gasteiger partial charge in [0.1, 0.15) is 0 Å². The van der Waals surface area contributed by atoms with E-state index in [0.717, 1.165) is 23.2 Å². The molecule has 1 heterocycles. The van der Waals surface area contributed by atoms with Crippen LogP contribution in [0.4, 0.5) is 5.69 Å². The van der Waals surface area contributed by atoms with Gasteiger partial charge in [-0.05, 0) is 44.0 Å². The van der Waals surface area contributed by atoms with E-state index in [4.69, 9.17) is 4.98 Å². The number of nitrogens with zero attached hydrogens (tertiary/aromatic N) is 2. The molecule has 6 heteroatoms. The molecule has 0 fully saturated rings. The number of fused-ring (bicyclic) bond motifs is 1. The molecule has 1 aromatic heterocycles. The summed E-state index contributed by atoms with van der Waals surface area (Å²) in [4.78, 5) is 31.1. The van der Waals surface area contributed by atoms with E-state index in [1.165, 1.54) is 11.8 Å². The summed E-state index contributed by atoms with van der Waals surface area (Å²) in [5.74, 6) is -0.138. The third-order valence-corrected chi connectivity index (χ3v) is 6.79. The average molecular weight is 458 g/mol. The number of hydrogen-bond donors (Lipinski definition) is 1. The molecule has 0 aliphatic carbocycles. The van der Waals surface area contributed by atoms with Crippen molar-refractivity contribution >= 4 is 34.3 Å². The predicted octanol–water partition coefficient (Wildman–Crippen LogP) is 6.15. The maximum absolute atomic E-state index is 13.2. The molecular formula is C27H27N3O2S. The van der Waals surface area contributed by atoms with Gasteiger partial charge in [-0.1, -0.05) is 79.3 Å². The van der Waals surface area contributed by atoms with Crippen molar-refractivity contribution in [3.05, 3.63) is 89.2 Å². The number of carbonyl (C=O) groups excluding carboxylic acids is 1. The summed E-state index contributed by atoms with van der Waals surface area (Å²) >= 11 is 1.31. The lowest BCUT2D eigenvalue weighted by molar-refractivity contribution is -0.115. The Morgan fingerprint density at radius 2 is 1.64 bits per heavy atom. The zero-order valence-corrected chi connectivity index (χ0v) is 19.8. The molecule has 0 saturated carbocycles. The van der Waals surface area contributed by atoms with Crippen LogP contribution in [-0.4, -0.2) is 20.7 Å². The number of para-hydroxylation sites is 2. The number of rotatable bonds is 7. The summed E-state index contributed by atoms with van der Waals surface area (Å²) in [6.07, 6.45) is 0.790. The minimum Gasteiger partial charge on any atom is -0.325 e. The number of anilines is 1. The van der Waals surface area contributed by atoms with E-state index < -0.39 is 5.25 Å². The Kier molecular flexibility index (Phi) is 6.94. The molecule has 0 unspecified atom stereocenters. The molecule has 4 rings (SSSR count). The van der Waals surface area contributed by atoms with E-state index in [1.807, 2.05) is 93.6 Å². The summed E-state index contributed by atoms with van der Waals surface area (Å²) in [5.41, 5.74) is 3.33. The number of carbonyl (C=O) groups is 1. The fourth-order valence-electron chi connectivity index (χ4n) is 3.69. The monoisotopic (exact) mass is 457 g/mol. The van der Waals surface area contributed by atoms with Crippen molar-refractivity contribution in [3.63, 3.8) is 0 Å². The van der Waals surface area contributed by atoms with Gasteiger partial charge in [-0.25, -0.2) is 4.98 Å². The van der Waals surface area contributed by atoms with Crippen LogP contribution in [0, 0.1) is 0 Å². The molecule has 5 nitrogen and oxygen atoms in total. The smallest absolute Gasteiger partial charge is 0.262 e. The summed E-state index contributed by atoms with van der Waals surface area (Å²) in [5, 5.41) is 3.78. The van der Waals surface area contributed by atoms with Gasteiger partial charge in [-0.15, -0.1) is 0 Å². The van der Waals surface area contributed by atoms with Gasteiger partial charge >= 0.3 is 0 Å². The van der Waals surface area contributed by atoms with E-state index in [2.05, 4.69) is 5.32 Å². The third-order valence-electron chi connectivity index (χ3n) is 5.73. The van der Waals surface area contributed by atoms with Crippen LogP contribution in [0.1, 0.15) is 33.2 Å². The van der Waals surface area contributed by atoms with Gasteiger partial charge in [0, 0.05) is 17.3 Å². The van der Waals surface area contributed by atoms with Crippen molar-refractivity contribution in [1.29, 1.82) is 0 Å². The minimum atomic E-state index is -0.447. The van der Waals surface area contributed by atoms with Gasteiger partial charge < -0.3 is 5.32 Å². The van der Waals surface area contributed by atoms with Gasteiger partial charge in [-0.3, -0.25) is 14.2 Å². The maximum atomic E-state index is 13.2. The zero-order chi connectivity index (χ0) is 23.4. The Bertz CT molecular complexity index is 1330. The van der Waals surface area contributed by atoms with Gasteiger partial charge in [0.05, 0.1) is 16.2 Å². The van der Waals surface area contributed by atoms with Gasteiger partial charge in [-0.2, -0.15) is 0 Å². The first-order valence-corrected chi connectivity index (χ1v) is 12.0. The summed E-state index contributed by atoms with van der Waals surface area (Å²) in [7, 11) is 0. The highest BCUT2D eigenvalue weighted by Crippen LogP contribution is 2.30. The maximum Gasteiger partial charge on any atom is 0.262 e. The highest BCUT2D eigenvalue weighted by molar-refractivity contribution is 8.00. The molecule has 2 atom stereocenters. The van der Waals surface area contributed by atoms with Crippen molar-refractivity contribution in [1.82, 2.24) is 9.55 Å². The first kappa shape index (κ1) is 22.8. The van der Waals surface area contributed by atoms with E-state index in [1.54, 1.807) is 10.6 Å². The number of hydrogen-bond acceptors (Lipinski definition) is 4. The summed E-state index contributed by atoms with van der Waals surface area (Å²) in [6, 6.07) is 25.1. The fourth-order valence-corrected chi connectivity index (χ4v) is 4.70. The molecule has 0 saturated heterocycles. The van der Waals surface area contributed by atoms with Crippen molar-refractivity contribution in [2.24, 2.45) is 0 Å². The number of amides is 1. The molecular weight excluding hydrogens is 430 g/mol. The highest BCUT2D eigenvalue weighted by atomic mass is 32.2. The molecule has 4 aromatic rings. The predicted molar refractivity (Wildman–Crippen MR) is 137 cm³/mol. The van der Waals surface area contributed by atoms with Crippen LogP contribution in [0.3, 0.4) is 0 Å². The van der Waals surface area contributed by atoms with Gasteiger partial charge in [0.15, 0.2) is 5.16 Å². The van der Waals surface area contributed by atoms with E-state index in [-0.39, 0.29) is 17.5 Å². The lowest BCUT2D eigenvalue weighted by Crippen LogP contribution is -2.28. The minimum absolute atomic E-state index is 0.0221. The molecule has 1 N–H and O–H groups in total. The van der Waals surface area contributed by atoms with Gasteiger partial charge in [0.2, 0.25) is 5.91 Å². The van der Waals surface area contributed by atoms with Gasteiger partial charge in [0.25, 0.3) is 5.56 Å². The fraction of sp³-hybridized carbons (Fsp3) is 0.222. The second-order valence-corrected chi connectivity index (χ2v) is 9.31. The molecule has 0 bridgehead atoms. The van der Waals surface area contributed by atoms with Crippen LogP contribution < -0.4 is 10.9 Å². The standard InChI is InChI=1S/C27H27N3O2S/c1-4-18(2)30-26(32)22-15-9-11-17-24(22)29-27(30)33-19(3)25(31)28-23-16-10-8-14-21(23)20-12-6-5-7-13-20/h5-19H,4H2,1-3H3,(H,28,31)/t18-,19-/m0/s1.